The number of hydrogen-bond donors (Lipinski definition) is 1. The van der Waals surface area contributed by atoms with Crippen LogP contribution in [-0.4, -0.2) is 71.0 Å². The summed E-state index contributed by atoms with van der Waals surface area (Å²) in [5, 5.41) is 9.34. The number of fused-ring (bicyclic) bond motifs is 1. The molecule has 11 heteroatoms. The number of carbonyl (C=O) groups is 1. The molecule has 0 radical (unpaired) electrons. The molecule has 0 bridgehead atoms. The number of pyridine rings is 2. The summed E-state index contributed by atoms with van der Waals surface area (Å²) in [6, 6.07) is 5.22. The molecule has 1 fully saturated rings. The average molecular weight is 466 g/mol. The highest BCUT2D eigenvalue weighted by molar-refractivity contribution is 5.98. The summed E-state index contributed by atoms with van der Waals surface area (Å²) in [5.74, 6) is 1.35. The van der Waals surface area contributed by atoms with Crippen LogP contribution in [0.1, 0.15) is 34.5 Å². The number of aliphatic hydroxyl groups excluding tert-OH is 1. The highest BCUT2D eigenvalue weighted by Gasteiger charge is 2.42. The minimum Gasteiger partial charge on any atom is -0.489 e. The topological polar surface area (TPSA) is 88.0 Å². The fourth-order valence-electron chi connectivity index (χ4n) is 4.08. The van der Waals surface area contributed by atoms with Gasteiger partial charge in [0.2, 0.25) is 5.88 Å². The number of piperidine rings is 1. The Bertz CT molecular complexity index is 1010. The number of anilines is 1. The third-order valence-electron chi connectivity index (χ3n) is 5.86. The Morgan fingerprint density at radius 1 is 1.27 bits per heavy atom. The number of hydrogen-bond acceptors (Lipinski definition) is 7. The van der Waals surface area contributed by atoms with Gasteiger partial charge in [0.1, 0.15) is 17.7 Å². The minimum atomic E-state index is -4.78. The summed E-state index contributed by atoms with van der Waals surface area (Å²) in [6.07, 6.45) is -4.21. The number of nitrogens with zero attached hydrogens (tertiary/aromatic N) is 4. The predicted octanol–water partition coefficient (Wildman–Crippen LogP) is 2.72. The molecule has 1 atom stereocenters. The van der Waals surface area contributed by atoms with Crippen LogP contribution in [0.4, 0.5) is 19.0 Å². The highest BCUT2D eigenvalue weighted by Crippen LogP contribution is 2.31. The van der Waals surface area contributed by atoms with Gasteiger partial charge in [0.15, 0.2) is 6.10 Å². The molecule has 8 nitrogen and oxygen atoms in total. The lowest BCUT2D eigenvalue weighted by atomic mass is 10.1. The van der Waals surface area contributed by atoms with Crippen molar-refractivity contribution in [2.45, 2.75) is 44.7 Å². The van der Waals surface area contributed by atoms with Crippen LogP contribution in [-0.2, 0) is 6.54 Å². The molecule has 4 heterocycles. The first-order valence-corrected chi connectivity index (χ1v) is 10.6. The zero-order valence-electron chi connectivity index (χ0n) is 18.3. The van der Waals surface area contributed by atoms with E-state index in [2.05, 4.69) is 14.9 Å². The monoisotopic (exact) mass is 466 g/mol. The molecule has 1 N–H and O–H groups in total. The number of amides is 1. The second-order valence-electron chi connectivity index (χ2n) is 8.21. The molecule has 0 spiro atoms. The second-order valence-corrected chi connectivity index (χ2v) is 8.21. The number of aliphatic hydroxyl groups is 1. The van der Waals surface area contributed by atoms with Gasteiger partial charge in [-0.25, -0.2) is 9.97 Å². The molecule has 0 saturated carbocycles. The van der Waals surface area contributed by atoms with Crippen LogP contribution in [0.25, 0.3) is 0 Å². The lowest BCUT2D eigenvalue weighted by molar-refractivity contribution is -0.206. The number of rotatable bonds is 6. The highest BCUT2D eigenvalue weighted by atomic mass is 19.4. The van der Waals surface area contributed by atoms with Crippen LogP contribution >= 0.6 is 0 Å². The van der Waals surface area contributed by atoms with E-state index in [1.165, 1.54) is 0 Å². The molecule has 2 aromatic rings. The number of halogens is 3. The van der Waals surface area contributed by atoms with E-state index in [1.54, 1.807) is 25.4 Å². The Morgan fingerprint density at radius 2 is 2.00 bits per heavy atom. The number of ether oxygens (including phenoxy) is 2. The molecule has 4 rings (SSSR count). The summed E-state index contributed by atoms with van der Waals surface area (Å²) in [7, 11) is 1.55. The van der Waals surface area contributed by atoms with Gasteiger partial charge in [-0.1, -0.05) is 0 Å². The van der Waals surface area contributed by atoms with Crippen molar-refractivity contribution in [3.8, 4) is 11.6 Å². The minimum absolute atomic E-state index is 0.0205. The van der Waals surface area contributed by atoms with Gasteiger partial charge >= 0.3 is 6.18 Å². The summed E-state index contributed by atoms with van der Waals surface area (Å²) in [5.41, 5.74) is 1.49. The maximum atomic E-state index is 12.7. The molecular weight excluding hydrogens is 441 g/mol. The van der Waals surface area contributed by atoms with Crippen molar-refractivity contribution in [1.82, 2.24) is 14.9 Å². The van der Waals surface area contributed by atoms with E-state index in [4.69, 9.17) is 9.47 Å². The van der Waals surface area contributed by atoms with Gasteiger partial charge in [-0.2, -0.15) is 13.2 Å². The summed E-state index contributed by atoms with van der Waals surface area (Å²) in [6.45, 7) is 2.33. The molecule has 1 amide bonds. The van der Waals surface area contributed by atoms with Crippen LogP contribution < -0.4 is 14.4 Å². The number of aromatic nitrogens is 2. The summed E-state index contributed by atoms with van der Waals surface area (Å²) >= 11 is 0. The molecule has 33 heavy (non-hydrogen) atoms. The normalized spacial score (nSPS) is 17.8. The maximum absolute atomic E-state index is 12.7. The molecule has 0 aliphatic carbocycles. The van der Waals surface area contributed by atoms with Crippen molar-refractivity contribution in [2.75, 3.05) is 31.6 Å². The first-order valence-electron chi connectivity index (χ1n) is 10.6. The van der Waals surface area contributed by atoms with Gasteiger partial charge in [0, 0.05) is 32.0 Å². The molecule has 178 valence electrons. The van der Waals surface area contributed by atoms with E-state index in [1.807, 2.05) is 13.0 Å². The molecule has 2 aliphatic heterocycles. The number of β-amino-alcohol motifs (C(OH)–C–C–N with tert-alkyl or cyclic N) is 1. The number of carbonyl (C=O) groups excluding carboxylic acids is 1. The Kier molecular flexibility index (Phi) is 6.33. The third kappa shape index (κ3) is 4.97. The quantitative estimate of drug-likeness (QED) is 0.701. The Balaban J connectivity index is 1.39. The van der Waals surface area contributed by atoms with Crippen LogP contribution in [0.5, 0.6) is 11.6 Å². The predicted molar refractivity (Wildman–Crippen MR) is 112 cm³/mol. The molecule has 1 saturated heterocycles. The van der Waals surface area contributed by atoms with Crippen molar-refractivity contribution in [2.24, 2.45) is 0 Å². The van der Waals surface area contributed by atoms with Crippen molar-refractivity contribution in [3.63, 3.8) is 0 Å². The smallest absolute Gasteiger partial charge is 0.416 e. The van der Waals surface area contributed by atoms with Crippen molar-refractivity contribution >= 4 is 11.7 Å². The van der Waals surface area contributed by atoms with Gasteiger partial charge in [-0.3, -0.25) is 4.79 Å². The second kappa shape index (κ2) is 9.05. The number of aryl methyl sites for hydroxylation is 1. The number of methoxy groups -OCH3 is 1. The Morgan fingerprint density at radius 3 is 2.61 bits per heavy atom. The SMILES string of the molecule is COc1ccc(OC2CCN(c3nc4c(cc3C)C(=O)N(C[C@@H](O)C(F)(F)F)C4)CC2)cn1. The van der Waals surface area contributed by atoms with Gasteiger partial charge in [-0.15, -0.1) is 0 Å². The van der Waals surface area contributed by atoms with Gasteiger partial charge < -0.3 is 24.4 Å². The van der Waals surface area contributed by atoms with E-state index in [0.29, 0.717) is 36.2 Å². The zero-order chi connectivity index (χ0) is 23.8. The van der Waals surface area contributed by atoms with E-state index in [-0.39, 0.29) is 18.2 Å². The molecule has 2 aliphatic rings. The molecule has 2 aromatic heterocycles. The Hall–Kier alpha value is -3.08. The summed E-state index contributed by atoms with van der Waals surface area (Å²) < 4.78 is 49.2. The lowest BCUT2D eigenvalue weighted by Gasteiger charge is -2.33. The number of alkyl halides is 3. The van der Waals surface area contributed by atoms with Crippen molar-refractivity contribution in [3.05, 3.63) is 41.2 Å². The molecular formula is C22H25F3N4O4. The van der Waals surface area contributed by atoms with Gasteiger partial charge in [-0.05, 0) is 24.6 Å². The van der Waals surface area contributed by atoms with E-state index >= 15 is 0 Å². The van der Waals surface area contributed by atoms with Crippen molar-refractivity contribution < 1.29 is 32.5 Å². The van der Waals surface area contributed by atoms with Crippen LogP contribution in [0.15, 0.2) is 24.4 Å². The van der Waals surface area contributed by atoms with E-state index < -0.39 is 24.7 Å². The van der Waals surface area contributed by atoms with E-state index in [0.717, 1.165) is 23.3 Å². The van der Waals surface area contributed by atoms with Gasteiger partial charge in [0.05, 0.1) is 37.7 Å². The fraction of sp³-hybridized carbons (Fsp3) is 0.500. The van der Waals surface area contributed by atoms with Crippen molar-refractivity contribution in [1.29, 1.82) is 0 Å². The fourth-order valence-corrected chi connectivity index (χ4v) is 4.08. The van der Waals surface area contributed by atoms with Crippen LogP contribution in [0, 0.1) is 6.92 Å². The van der Waals surface area contributed by atoms with Gasteiger partial charge in [0.25, 0.3) is 5.91 Å². The largest absolute Gasteiger partial charge is 0.489 e. The first-order chi connectivity index (χ1) is 15.7. The van der Waals surface area contributed by atoms with Crippen LogP contribution in [0.2, 0.25) is 0 Å². The summed E-state index contributed by atoms with van der Waals surface area (Å²) in [4.78, 5) is 24.4. The molecule has 0 aromatic carbocycles. The maximum Gasteiger partial charge on any atom is 0.416 e. The average Bonchev–Trinajstić information content (AvgIpc) is 3.08. The molecule has 0 unspecified atom stereocenters. The third-order valence-corrected chi connectivity index (χ3v) is 5.86. The first kappa shape index (κ1) is 23.1. The van der Waals surface area contributed by atoms with Crippen LogP contribution in [0.3, 0.4) is 0 Å². The Labute approximate surface area is 188 Å². The van der Waals surface area contributed by atoms with E-state index in [9.17, 15) is 23.1 Å². The standard InChI is InChI=1S/C22H25F3N4O4/c1-13-9-16-17(11-29(21(16)31)12-18(30)22(23,24)25)27-20(13)28-7-5-14(6-8-28)33-15-3-4-19(32-2)26-10-15/h3-4,9-10,14,18,30H,5-8,11-12H2,1-2H3/t18-/m1/s1. The zero-order valence-corrected chi connectivity index (χ0v) is 18.3. The lowest BCUT2D eigenvalue weighted by Crippen LogP contribution is -2.41.